The largest absolute Gasteiger partial charge is 0.378 e. The summed E-state index contributed by atoms with van der Waals surface area (Å²) in [6, 6.07) is 15.0. The molecule has 1 atom stereocenters. The van der Waals surface area contributed by atoms with Gasteiger partial charge in [-0.05, 0) is 81.8 Å². The van der Waals surface area contributed by atoms with Crippen LogP contribution in [0, 0.1) is 11.8 Å². The van der Waals surface area contributed by atoms with Crippen LogP contribution in [0.5, 0.6) is 0 Å². The molecule has 39 heavy (non-hydrogen) atoms. The summed E-state index contributed by atoms with van der Waals surface area (Å²) in [5, 5.41) is 11.0. The molecule has 1 N–H and O–H groups in total. The van der Waals surface area contributed by atoms with E-state index in [-0.39, 0.29) is 11.8 Å². The number of halogens is 1. The van der Waals surface area contributed by atoms with E-state index in [4.69, 9.17) is 11.6 Å². The Hall–Kier alpha value is -2.61. The fourth-order valence-electron chi connectivity index (χ4n) is 5.77. The molecule has 0 spiro atoms. The third-order valence-corrected chi connectivity index (χ3v) is 8.65. The lowest BCUT2D eigenvalue weighted by molar-refractivity contribution is -0.142. The third kappa shape index (κ3) is 7.74. The van der Waals surface area contributed by atoms with Crippen LogP contribution in [0.25, 0.3) is 0 Å². The van der Waals surface area contributed by atoms with Crippen LogP contribution in [-0.2, 0) is 4.79 Å². The summed E-state index contributed by atoms with van der Waals surface area (Å²) in [6.45, 7) is 4.87. The minimum Gasteiger partial charge on any atom is -0.378 e. The minimum absolute atomic E-state index is 0.0468. The lowest BCUT2D eigenvalue weighted by Gasteiger charge is -2.38. The van der Waals surface area contributed by atoms with E-state index in [9.17, 15) is 14.7 Å². The van der Waals surface area contributed by atoms with Gasteiger partial charge in [-0.3, -0.25) is 9.59 Å². The van der Waals surface area contributed by atoms with E-state index in [1.54, 1.807) is 17.0 Å². The Morgan fingerprint density at radius 3 is 2.13 bits per heavy atom. The Morgan fingerprint density at radius 2 is 1.54 bits per heavy atom. The average molecular weight is 555 g/mol. The fraction of sp³-hybridized carbons (Fsp3) is 0.548. The van der Waals surface area contributed by atoms with Gasteiger partial charge in [-0.1, -0.05) is 41.9 Å². The number of carbonyl (C=O) groups excluding carboxylic acids is 2. The molecule has 7 nitrogen and oxygen atoms in total. The molecule has 2 aromatic rings. The van der Waals surface area contributed by atoms with Crippen molar-refractivity contribution in [1.29, 1.82) is 0 Å². The van der Waals surface area contributed by atoms with E-state index >= 15 is 0 Å². The van der Waals surface area contributed by atoms with Crippen molar-refractivity contribution in [1.82, 2.24) is 14.7 Å². The number of hydrogen-bond acceptors (Lipinski definition) is 5. The summed E-state index contributed by atoms with van der Waals surface area (Å²) in [7, 11) is 5.80. The highest BCUT2D eigenvalue weighted by Gasteiger charge is 2.30. The van der Waals surface area contributed by atoms with Crippen molar-refractivity contribution in [3.05, 3.63) is 64.7 Å². The average Bonchev–Trinajstić information content (AvgIpc) is 2.96. The summed E-state index contributed by atoms with van der Waals surface area (Å²) in [5.74, 6) is 1.09. The number of amides is 2. The zero-order valence-corrected chi connectivity index (χ0v) is 24.3. The molecule has 212 valence electrons. The maximum atomic E-state index is 12.8. The highest BCUT2D eigenvalue weighted by atomic mass is 35.5. The Balaban J connectivity index is 1.21. The van der Waals surface area contributed by atoms with Gasteiger partial charge in [-0.25, -0.2) is 0 Å². The second-order valence-corrected chi connectivity index (χ2v) is 11.8. The topological polar surface area (TPSA) is 67.3 Å². The predicted molar refractivity (Wildman–Crippen MR) is 157 cm³/mol. The van der Waals surface area contributed by atoms with Crippen LogP contribution >= 0.6 is 11.6 Å². The Bertz CT molecular complexity index is 1100. The predicted octanol–water partition coefficient (Wildman–Crippen LogP) is 4.55. The second-order valence-electron chi connectivity index (χ2n) is 11.4. The number of anilines is 1. The first-order chi connectivity index (χ1) is 18.7. The first kappa shape index (κ1) is 29.4. The Morgan fingerprint density at radius 1 is 0.923 bits per heavy atom. The van der Waals surface area contributed by atoms with Crippen molar-refractivity contribution < 1.29 is 14.7 Å². The van der Waals surface area contributed by atoms with Crippen LogP contribution in [0.1, 0.15) is 54.1 Å². The molecule has 2 aliphatic rings. The molecule has 8 heteroatoms. The van der Waals surface area contributed by atoms with E-state index in [1.165, 1.54) is 6.42 Å². The fourth-order valence-corrected chi connectivity index (χ4v) is 6.03. The molecular formula is C31H43ClN4O3. The van der Waals surface area contributed by atoms with E-state index in [0.29, 0.717) is 34.5 Å². The second kappa shape index (κ2) is 13.6. The van der Waals surface area contributed by atoms with Crippen LogP contribution in [0.4, 0.5) is 5.69 Å². The molecule has 1 unspecified atom stereocenters. The normalized spacial score (nSPS) is 17.9. The first-order valence-corrected chi connectivity index (χ1v) is 14.6. The highest BCUT2D eigenvalue weighted by Crippen LogP contribution is 2.33. The number of likely N-dealkylation sites (tertiary alicyclic amines) is 1. The van der Waals surface area contributed by atoms with E-state index in [1.807, 2.05) is 62.4 Å². The number of likely N-dealkylation sites (N-methyl/N-ethyl adjacent to an activating group) is 2. The smallest absolute Gasteiger partial charge is 0.256 e. The highest BCUT2D eigenvalue weighted by molar-refractivity contribution is 6.34. The van der Waals surface area contributed by atoms with Gasteiger partial charge in [0.15, 0.2) is 6.10 Å². The Labute approximate surface area is 238 Å². The zero-order chi connectivity index (χ0) is 27.9. The van der Waals surface area contributed by atoms with Crippen molar-refractivity contribution in [2.75, 3.05) is 65.3 Å². The van der Waals surface area contributed by atoms with Gasteiger partial charge in [0.05, 0.1) is 10.6 Å². The quantitative estimate of drug-likeness (QED) is 0.492. The van der Waals surface area contributed by atoms with Crippen LogP contribution in [0.2, 0.25) is 5.02 Å². The number of carbonyl (C=O) groups is 2. The van der Waals surface area contributed by atoms with Gasteiger partial charge < -0.3 is 24.7 Å². The molecule has 2 aliphatic heterocycles. The number of aliphatic hydroxyl groups excluding tert-OH is 1. The van der Waals surface area contributed by atoms with E-state index < -0.39 is 6.10 Å². The van der Waals surface area contributed by atoms with Crippen LogP contribution in [-0.4, -0.2) is 92.0 Å². The molecule has 0 aromatic heterocycles. The molecule has 2 heterocycles. The number of benzene rings is 2. The van der Waals surface area contributed by atoms with Gasteiger partial charge in [0.25, 0.3) is 11.8 Å². The van der Waals surface area contributed by atoms with Gasteiger partial charge in [0.2, 0.25) is 0 Å². The number of piperidine rings is 2. The molecule has 0 aliphatic carbocycles. The number of rotatable bonds is 9. The Kier molecular flexibility index (Phi) is 10.3. The lowest BCUT2D eigenvalue weighted by Crippen LogP contribution is -2.42. The first-order valence-electron chi connectivity index (χ1n) is 14.2. The molecule has 2 aromatic carbocycles. The van der Waals surface area contributed by atoms with Gasteiger partial charge in [-0.15, -0.1) is 0 Å². The van der Waals surface area contributed by atoms with E-state index in [2.05, 4.69) is 9.80 Å². The van der Waals surface area contributed by atoms with Gasteiger partial charge in [-0.2, -0.15) is 0 Å². The summed E-state index contributed by atoms with van der Waals surface area (Å²) in [6.07, 6.45) is 4.40. The summed E-state index contributed by atoms with van der Waals surface area (Å²) in [5.41, 5.74) is 2.29. The van der Waals surface area contributed by atoms with Gasteiger partial charge >= 0.3 is 0 Å². The minimum atomic E-state index is -1.07. The van der Waals surface area contributed by atoms with Crippen LogP contribution < -0.4 is 4.90 Å². The number of hydrogen-bond donors (Lipinski definition) is 1. The third-order valence-electron chi connectivity index (χ3n) is 8.33. The van der Waals surface area contributed by atoms with Crippen molar-refractivity contribution in [2.24, 2.45) is 11.8 Å². The zero-order valence-electron chi connectivity index (χ0n) is 23.6. The van der Waals surface area contributed by atoms with Crippen LogP contribution in [0.15, 0.2) is 48.5 Å². The number of nitrogens with zero attached hydrogens (tertiary/aromatic N) is 4. The summed E-state index contributed by atoms with van der Waals surface area (Å²) < 4.78 is 0. The molecule has 2 amide bonds. The molecule has 2 saturated heterocycles. The lowest BCUT2D eigenvalue weighted by atomic mass is 9.82. The van der Waals surface area contributed by atoms with Crippen molar-refractivity contribution in [3.8, 4) is 0 Å². The summed E-state index contributed by atoms with van der Waals surface area (Å²) >= 11 is 6.57. The maximum absolute atomic E-state index is 12.8. The maximum Gasteiger partial charge on any atom is 0.256 e. The van der Waals surface area contributed by atoms with E-state index in [0.717, 1.165) is 64.1 Å². The van der Waals surface area contributed by atoms with Crippen molar-refractivity contribution in [2.45, 2.75) is 38.2 Å². The monoisotopic (exact) mass is 554 g/mol. The molecule has 4 rings (SSSR count). The van der Waals surface area contributed by atoms with Crippen molar-refractivity contribution in [3.63, 3.8) is 0 Å². The van der Waals surface area contributed by atoms with Crippen molar-refractivity contribution >= 4 is 29.1 Å². The SMILES string of the molecule is CN(C)CCN(C)C(=O)c1ccc(N2CCC(CC3CCN(C(=O)C(O)c4ccccc4)CC3)CC2)cc1Cl. The number of aliphatic hydroxyl groups is 1. The summed E-state index contributed by atoms with van der Waals surface area (Å²) in [4.78, 5) is 33.6. The molecule has 0 saturated carbocycles. The van der Waals surface area contributed by atoms with Crippen LogP contribution in [0.3, 0.4) is 0 Å². The van der Waals surface area contributed by atoms with Gasteiger partial charge in [0.1, 0.15) is 0 Å². The van der Waals surface area contributed by atoms with Gasteiger partial charge in [0, 0.05) is 52.0 Å². The standard InChI is InChI=1S/C31H43ClN4O3/c1-33(2)19-20-34(3)30(38)27-10-9-26(22-28(27)32)35-15-11-23(12-16-35)21-24-13-17-36(18-14-24)31(39)29(37)25-7-5-4-6-8-25/h4-10,22-24,29,37H,11-21H2,1-3H3. The molecular weight excluding hydrogens is 512 g/mol. The molecule has 2 fully saturated rings. The molecule has 0 radical (unpaired) electrons. The molecule has 0 bridgehead atoms.